The normalized spacial score (nSPS) is 11.3. The third-order valence-electron chi connectivity index (χ3n) is 5.07. The third kappa shape index (κ3) is 3.70. The van der Waals surface area contributed by atoms with Gasteiger partial charge in [0.25, 0.3) is 5.56 Å². The van der Waals surface area contributed by atoms with Crippen LogP contribution < -0.4 is 15.6 Å². The molecule has 0 spiro atoms. The molecule has 0 bridgehead atoms. The highest BCUT2D eigenvalue weighted by Crippen LogP contribution is 2.29. The monoisotopic (exact) mass is 424 g/mol. The Hall–Kier alpha value is -3.13. The summed E-state index contributed by atoms with van der Waals surface area (Å²) in [4.78, 5) is 26.8. The molecule has 1 amide bonds. The number of aryl methyl sites for hydroxylation is 2. The van der Waals surface area contributed by atoms with Crippen LogP contribution in [0.1, 0.15) is 30.1 Å². The lowest BCUT2D eigenvalue weighted by Gasteiger charge is -2.11. The molecule has 3 aromatic heterocycles. The molecule has 0 saturated carbocycles. The fourth-order valence-electron chi connectivity index (χ4n) is 3.53. The van der Waals surface area contributed by atoms with Crippen LogP contribution >= 0.6 is 11.3 Å². The molecule has 0 saturated heterocycles. The zero-order valence-electron chi connectivity index (χ0n) is 17.3. The van der Waals surface area contributed by atoms with Crippen molar-refractivity contribution in [2.75, 3.05) is 7.11 Å². The number of nitrogens with one attached hydrogen (secondary N) is 1. The number of amides is 1. The number of aromatic nitrogens is 3. The topological polar surface area (TPSA) is 77.6 Å². The number of thiophene rings is 1. The lowest BCUT2D eigenvalue weighted by molar-refractivity contribution is -0.122. The Balaban J connectivity index is 1.59. The summed E-state index contributed by atoms with van der Waals surface area (Å²) in [6.45, 7) is 4.35. The second-order valence-electron chi connectivity index (χ2n) is 7.04. The molecule has 4 aromatic rings. The van der Waals surface area contributed by atoms with Gasteiger partial charge in [-0.1, -0.05) is 26.0 Å². The lowest BCUT2D eigenvalue weighted by atomic mass is 10.2. The second-order valence-corrected chi connectivity index (χ2v) is 8.21. The minimum Gasteiger partial charge on any atom is -0.497 e. The number of ether oxygens (including phenoxy) is 1. The van der Waals surface area contributed by atoms with Crippen molar-refractivity contribution in [3.05, 3.63) is 63.0 Å². The number of benzene rings is 1. The molecule has 1 aromatic carbocycles. The highest BCUT2D eigenvalue weighted by atomic mass is 32.1. The van der Waals surface area contributed by atoms with Crippen LogP contribution in [0.4, 0.5) is 0 Å². The van der Waals surface area contributed by atoms with E-state index in [1.807, 2.05) is 41.7 Å². The van der Waals surface area contributed by atoms with E-state index in [1.54, 1.807) is 18.4 Å². The van der Waals surface area contributed by atoms with E-state index in [0.29, 0.717) is 18.5 Å². The summed E-state index contributed by atoms with van der Waals surface area (Å²) in [6, 6.07) is 11.5. The van der Waals surface area contributed by atoms with Crippen LogP contribution in [0.5, 0.6) is 5.75 Å². The van der Waals surface area contributed by atoms with Gasteiger partial charge in [-0.2, -0.15) is 5.10 Å². The van der Waals surface area contributed by atoms with Gasteiger partial charge < -0.3 is 10.1 Å². The average Bonchev–Trinajstić information content (AvgIpc) is 3.32. The molecule has 0 atom stereocenters. The van der Waals surface area contributed by atoms with Crippen molar-refractivity contribution in [2.45, 2.75) is 39.8 Å². The molecular weight excluding hydrogens is 400 g/mol. The van der Waals surface area contributed by atoms with Crippen LogP contribution in [0.2, 0.25) is 0 Å². The molecule has 8 heteroatoms. The van der Waals surface area contributed by atoms with Crippen molar-refractivity contribution in [1.29, 1.82) is 0 Å². The Morgan fingerprint density at radius 2 is 2.00 bits per heavy atom. The molecule has 0 unspecified atom stereocenters. The Bertz CT molecular complexity index is 1290. The van der Waals surface area contributed by atoms with Crippen molar-refractivity contribution in [2.24, 2.45) is 0 Å². The van der Waals surface area contributed by atoms with E-state index < -0.39 is 0 Å². The molecule has 156 valence electrons. The molecular formula is C22H24N4O3S. The van der Waals surface area contributed by atoms with Crippen LogP contribution in [-0.4, -0.2) is 27.2 Å². The summed E-state index contributed by atoms with van der Waals surface area (Å²) in [7, 11) is 1.60. The number of carbonyl (C=O) groups excluding carboxylic acids is 1. The Kier molecular flexibility index (Phi) is 5.59. The first kappa shape index (κ1) is 20.2. The summed E-state index contributed by atoms with van der Waals surface area (Å²) in [6.07, 6.45) is 1.62. The molecule has 4 rings (SSSR count). The number of hydrogen-bond donors (Lipinski definition) is 1. The smallest absolute Gasteiger partial charge is 0.291 e. The third-order valence-corrected chi connectivity index (χ3v) is 6.29. The number of methoxy groups -OCH3 is 1. The minimum atomic E-state index is -0.263. The number of hydrogen-bond acceptors (Lipinski definition) is 5. The van der Waals surface area contributed by atoms with Gasteiger partial charge in [0, 0.05) is 17.8 Å². The van der Waals surface area contributed by atoms with Crippen molar-refractivity contribution < 1.29 is 9.53 Å². The highest BCUT2D eigenvalue weighted by molar-refractivity contribution is 7.19. The van der Waals surface area contributed by atoms with E-state index in [2.05, 4.69) is 23.4 Å². The van der Waals surface area contributed by atoms with Gasteiger partial charge in [0.1, 0.15) is 23.6 Å². The fourth-order valence-corrected chi connectivity index (χ4v) is 4.55. The molecule has 7 nitrogen and oxygen atoms in total. The van der Waals surface area contributed by atoms with E-state index in [9.17, 15) is 9.59 Å². The standard InChI is InChI=1S/C22H24N4O3S/c1-4-16-10-17-19(30-16)11-18-22(28)25(24-20(5-2)26(17)18)13-21(27)23-12-14-7-6-8-15(9-14)29-3/h6-11H,4-5,12-13H2,1-3H3,(H,23,27). The Morgan fingerprint density at radius 3 is 2.73 bits per heavy atom. The van der Waals surface area contributed by atoms with E-state index in [0.717, 1.165) is 33.8 Å². The summed E-state index contributed by atoms with van der Waals surface area (Å²) < 4.78 is 9.46. The largest absolute Gasteiger partial charge is 0.497 e. The van der Waals surface area contributed by atoms with Crippen LogP contribution in [-0.2, 0) is 30.7 Å². The van der Waals surface area contributed by atoms with E-state index in [4.69, 9.17) is 4.74 Å². The Labute approximate surface area is 177 Å². The number of nitrogens with zero attached hydrogens (tertiary/aromatic N) is 3. The predicted molar refractivity (Wildman–Crippen MR) is 118 cm³/mol. The van der Waals surface area contributed by atoms with Gasteiger partial charge in [-0.25, -0.2) is 4.68 Å². The van der Waals surface area contributed by atoms with Gasteiger partial charge in [-0.15, -0.1) is 11.3 Å². The van der Waals surface area contributed by atoms with Gasteiger partial charge in [0.15, 0.2) is 0 Å². The second kappa shape index (κ2) is 8.31. The van der Waals surface area contributed by atoms with E-state index >= 15 is 0 Å². The predicted octanol–water partition coefficient (Wildman–Crippen LogP) is 3.16. The van der Waals surface area contributed by atoms with Crippen molar-refractivity contribution in [3.63, 3.8) is 0 Å². The zero-order valence-corrected chi connectivity index (χ0v) is 18.1. The van der Waals surface area contributed by atoms with Crippen LogP contribution in [0, 0.1) is 0 Å². The molecule has 0 aliphatic carbocycles. The molecule has 1 N–H and O–H groups in total. The minimum absolute atomic E-state index is 0.120. The van der Waals surface area contributed by atoms with Gasteiger partial charge in [0.05, 0.1) is 17.3 Å². The molecule has 3 heterocycles. The summed E-state index contributed by atoms with van der Waals surface area (Å²) >= 11 is 1.69. The molecule has 0 aliphatic rings. The van der Waals surface area contributed by atoms with Gasteiger partial charge in [-0.3, -0.25) is 14.0 Å². The van der Waals surface area contributed by atoms with Gasteiger partial charge >= 0.3 is 0 Å². The maximum absolute atomic E-state index is 13.0. The number of carbonyl (C=O) groups is 1. The first-order valence-electron chi connectivity index (χ1n) is 9.97. The maximum atomic E-state index is 13.0. The first-order chi connectivity index (χ1) is 14.5. The first-order valence-corrected chi connectivity index (χ1v) is 10.8. The summed E-state index contributed by atoms with van der Waals surface area (Å²) in [5, 5.41) is 7.34. The maximum Gasteiger partial charge on any atom is 0.291 e. The van der Waals surface area contributed by atoms with E-state index in [-0.39, 0.29) is 18.0 Å². The number of rotatable bonds is 7. The van der Waals surface area contributed by atoms with Gasteiger partial charge in [-0.05, 0) is 36.2 Å². The molecule has 0 fully saturated rings. The summed E-state index contributed by atoms with van der Waals surface area (Å²) in [5.74, 6) is 1.23. The van der Waals surface area contributed by atoms with Crippen LogP contribution in [0.25, 0.3) is 15.7 Å². The quantitative estimate of drug-likeness (QED) is 0.494. The average molecular weight is 425 g/mol. The van der Waals surface area contributed by atoms with Crippen molar-refractivity contribution >= 4 is 33.0 Å². The SMILES string of the molecule is CCc1cc2c(cc3c(=O)n(CC(=O)NCc4cccc(OC)c4)nc(CC)n32)s1. The lowest BCUT2D eigenvalue weighted by Crippen LogP contribution is -2.35. The highest BCUT2D eigenvalue weighted by Gasteiger charge is 2.17. The molecule has 30 heavy (non-hydrogen) atoms. The van der Waals surface area contributed by atoms with Crippen LogP contribution in [0.15, 0.2) is 41.2 Å². The fraction of sp³-hybridized carbons (Fsp3) is 0.318. The Morgan fingerprint density at radius 1 is 1.17 bits per heavy atom. The van der Waals surface area contributed by atoms with Crippen LogP contribution in [0.3, 0.4) is 0 Å². The summed E-state index contributed by atoms with van der Waals surface area (Å²) in [5.41, 5.74) is 2.24. The molecule has 0 radical (unpaired) electrons. The van der Waals surface area contributed by atoms with Crippen molar-refractivity contribution in [3.8, 4) is 5.75 Å². The van der Waals surface area contributed by atoms with E-state index in [1.165, 1.54) is 9.56 Å². The van der Waals surface area contributed by atoms with Crippen molar-refractivity contribution in [1.82, 2.24) is 19.5 Å². The molecule has 0 aliphatic heterocycles. The number of fused-ring (bicyclic) bond motifs is 3. The van der Waals surface area contributed by atoms with Gasteiger partial charge in [0.2, 0.25) is 5.91 Å². The zero-order chi connectivity index (χ0) is 21.3.